The summed E-state index contributed by atoms with van der Waals surface area (Å²) in [7, 11) is 0. The van der Waals surface area contributed by atoms with Gasteiger partial charge in [0.1, 0.15) is 0 Å². The lowest BCUT2D eigenvalue weighted by Gasteiger charge is -2.18. The summed E-state index contributed by atoms with van der Waals surface area (Å²) in [5.41, 5.74) is 0. The van der Waals surface area contributed by atoms with Crippen LogP contribution in [-0.2, 0) is 4.74 Å². The zero-order chi connectivity index (χ0) is 7.14. The fourth-order valence-electron chi connectivity index (χ4n) is 1.93. The molecule has 0 amide bonds. The Bertz CT molecular complexity index is 119. The summed E-state index contributed by atoms with van der Waals surface area (Å²) in [6, 6.07) is 0. The minimum Gasteiger partial charge on any atom is -0.390 e. The van der Waals surface area contributed by atoms with Crippen LogP contribution in [0.1, 0.15) is 6.42 Å². The van der Waals surface area contributed by atoms with Gasteiger partial charge in [0, 0.05) is 11.8 Å². The first-order valence-electron chi connectivity index (χ1n) is 3.73. The third-order valence-corrected chi connectivity index (χ3v) is 2.59. The molecular formula is C7H12O3. The fourth-order valence-corrected chi connectivity index (χ4v) is 1.93. The summed E-state index contributed by atoms with van der Waals surface area (Å²) < 4.78 is 5.18. The van der Waals surface area contributed by atoms with Crippen LogP contribution in [0.3, 0.4) is 0 Å². The summed E-state index contributed by atoms with van der Waals surface area (Å²) in [6.07, 6.45) is -0.137. The second-order valence-electron chi connectivity index (χ2n) is 3.27. The van der Waals surface area contributed by atoms with E-state index in [9.17, 15) is 10.2 Å². The van der Waals surface area contributed by atoms with E-state index in [0.29, 0.717) is 13.2 Å². The number of rotatable bonds is 0. The molecule has 2 N–H and O–H groups in total. The molecule has 3 nitrogen and oxygen atoms in total. The van der Waals surface area contributed by atoms with E-state index >= 15 is 0 Å². The van der Waals surface area contributed by atoms with Crippen molar-refractivity contribution in [3.05, 3.63) is 0 Å². The summed E-state index contributed by atoms with van der Waals surface area (Å²) in [6.45, 7) is 1.24. The molecule has 0 spiro atoms. The highest BCUT2D eigenvalue weighted by atomic mass is 16.5. The number of fused-ring (bicyclic) bond motifs is 2. The monoisotopic (exact) mass is 144 g/mol. The quantitative estimate of drug-likeness (QED) is 0.476. The average Bonchev–Trinajstić information content (AvgIpc) is 2.17. The molecule has 0 aromatic carbocycles. The van der Waals surface area contributed by atoms with Crippen LogP contribution in [0.15, 0.2) is 0 Å². The summed E-state index contributed by atoms with van der Waals surface area (Å²) in [5, 5.41) is 18.7. The van der Waals surface area contributed by atoms with Crippen LogP contribution in [0.25, 0.3) is 0 Å². The van der Waals surface area contributed by atoms with Crippen molar-refractivity contribution in [2.75, 3.05) is 13.2 Å². The molecule has 0 aromatic rings. The molecule has 0 radical (unpaired) electrons. The molecule has 2 aliphatic rings. The van der Waals surface area contributed by atoms with Gasteiger partial charge in [-0.15, -0.1) is 0 Å². The van der Waals surface area contributed by atoms with Crippen molar-refractivity contribution < 1.29 is 14.9 Å². The molecule has 2 fully saturated rings. The van der Waals surface area contributed by atoms with Crippen LogP contribution >= 0.6 is 0 Å². The van der Waals surface area contributed by atoms with E-state index in [-0.39, 0.29) is 11.8 Å². The smallest absolute Gasteiger partial charge is 0.0852 e. The van der Waals surface area contributed by atoms with Gasteiger partial charge in [0.2, 0.25) is 0 Å². The maximum absolute atomic E-state index is 9.34. The number of hydrogen-bond acceptors (Lipinski definition) is 3. The lowest BCUT2D eigenvalue weighted by atomic mass is 10.0. The van der Waals surface area contributed by atoms with Gasteiger partial charge in [-0.1, -0.05) is 0 Å². The Morgan fingerprint density at radius 2 is 1.50 bits per heavy atom. The van der Waals surface area contributed by atoms with Crippen molar-refractivity contribution in [1.82, 2.24) is 0 Å². The highest BCUT2D eigenvalue weighted by Gasteiger charge is 2.44. The number of hydrogen-bond donors (Lipinski definition) is 2. The molecule has 3 heteroatoms. The molecule has 10 heavy (non-hydrogen) atoms. The van der Waals surface area contributed by atoms with Crippen molar-refractivity contribution in [3.8, 4) is 0 Å². The number of aliphatic hydroxyl groups excluding tert-OH is 2. The lowest BCUT2D eigenvalue weighted by molar-refractivity contribution is 0.0130. The molecule has 1 saturated carbocycles. The Labute approximate surface area is 59.6 Å². The van der Waals surface area contributed by atoms with Gasteiger partial charge in [-0.2, -0.15) is 0 Å². The molecule has 1 heterocycles. The van der Waals surface area contributed by atoms with Gasteiger partial charge >= 0.3 is 0 Å². The average molecular weight is 144 g/mol. The molecule has 1 aliphatic carbocycles. The SMILES string of the molecule is OC1C2COCC(C2)C1O. The van der Waals surface area contributed by atoms with Crippen LogP contribution in [0.4, 0.5) is 0 Å². The Hall–Kier alpha value is -0.120. The summed E-state index contributed by atoms with van der Waals surface area (Å²) in [5.74, 6) is 0.377. The second kappa shape index (κ2) is 2.19. The minimum atomic E-state index is -0.535. The van der Waals surface area contributed by atoms with Crippen LogP contribution in [0, 0.1) is 11.8 Å². The van der Waals surface area contributed by atoms with Gasteiger partial charge in [0.15, 0.2) is 0 Å². The molecule has 1 aliphatic heterocycles. The second-order valence-corrected chi connectivity index (χ2v) is 3.27. The van der Waals surface area contributed by atoms with E-state index in [4.69, 9.17) is 4.74 Å². The molecule has 2 rings (SSSR count). The van der Waals surface area contributed by atoms with E-state index in [1.165, 1.54) is 0 Å². The minimum absolute atomic E-state index is 0.189. The number of aliphatic hydroxyl groups is 2. The van der Waals surface area contributed by atoms with Crippen molar-refractivity contribution >= 4 is 0 Å². The maximum atomic E-state index is 9.34. The molecule has 58 valence electrons. The van der Waals surface area contributed by atoms with Gasteiger partial charge < -0.3 is 14.9 Å². The molecule has 0 aromatic heterocycles. The predicted octanol–water partition coefficient (Wildman–Crippen LogP) is -0.626. The Morgan fingerprint density at radius 3 is 1.90 bits per heavy atom. The molecular weight excluding hydrogens is 132 g/mol. The van der Waals surface area contributed by atoms with Crippen LogP contribution in [0.5, 0.6) is 0 Å². The summed E-state index contributed by atoms with van der Waals surface area (Å²) >= 11 is 0. The Balaban J connectivity index is 2.13. The van der Waals surface area contributed by atoms with Crippen molar-refractivity contribution in [1.29, 1.82) is 0 Å². The van der Waals surface area contributed by atoms with Gasteiger partial charge in [-0.25, -0.2) is 0 Å². The first-order valence-corrected chi connectivity index (χ1v) is 3.73. The fraction of sp³-hybridized carbons (Fsp3) is 1.00. The molecule has 4 unspecified atom stereocenters. The Morgan fingerprint density at radius 1 is 1.00 bits per heavy atom. The number of ether oxygens (including phenoxy) is 1. The molecule has 1 saturated heterocycles. The zero-order valence-corrected chi connectivity index (χ0v) is 5.73. The molecule has 4 atom stereocenters. The highest BCUT2D eigenvalue weighted by molar-refractivity contribution is 4.93. The largest absolute Gasteiger partial charge is 0.390 e. The van der Waals surface area contributed by atoms with E-state index < -0.39 is 12.2 Å². The first kappa shape index (κ1) is 6.58. The summed E-state index contributed by atoms with van der Waals surface area (Å²) in [4.78, 5) is 0. The van der Waals surface area contributed by atoms with Gasteiger partial charge in [-0.05, 0) is 6.42 Å². The van der Waals surface area contributed by atoms with Crippen LogP contribution < -0.4 is 0 Å². The van der Waals surface area contributed by atoms with Crippen molar-refractivity contribution in [2.45, 2.75) is 18.6 Å². The third kappa shape index (κ3) is 0.779. The van der Waals surface area contributed by atoms with E-state index in [1.807, 2.05) is 0 Å². The van der Waals surface area contributed by atoms with Gasteiger partial charge in [0.25, 0.3) is 0 Å². The van der Waals surface area contributed by atoms with Gasteiger partial charge in [-0.3, -0.25) is 0 Å². The zero-order valence-electron chi connectivity index (χ0n) is 5.73. The predicted molar refractivity (Wildman–Crippen MR) is 34.4 cm³/mol. The topological polar surface area (TPSA) is 49.7 Å². The van der Waals surface area contributed by atoms with Crippen LogP contribution in [0.2, 0.25) is 0 Å². The van der Waals surface area contributed by atoms with E-state index in [0.717, 1.165) is 6.42 Å². The van der Waals surface area contributed by atoms with Gasteiger partial charge in [0.05, 0.1) is 25.4 Å². The van der Waals surface area contributed by atoms with E-state index in [2.05, 4.69) is 0 Å². The van der Waals surface area contributed by atoms with Crippen molar-refractivity contribution in [3.63, 3.8) is 0 Å². The third-order valence-electron chi connectivity index (χ3n) is 2.59. The maximum Gasteiger partial charge on any atom is 0.0852 e. The Kier molecular flexibility index (Phi) is 1.44. The van der Waals surface area contributed by atoms with Crippen molar-refractivity contribution in [2.24, 2.45) is 11.8 Å². The first-order chi connectivity index (χ1) is 4.79. The normalized spacial score (nSPS) is 53.4. The standard InChI is InChI=1S/C7H12O3/c8-6-4-1-5(7(6)9)3-10-2-4/h4-9H,1-3H2. The highest BCUT2D eigenvalue weighted by Crippen LogP contribution is 2.35. The van der Waals surface area contributed by atoms with E-state index in [1.54, 1.807) is 0 Å². The van der Waals surface area contributed by atoms with Crippen LogP contribution in [-0.4, -0.2) is 35.6 Å². The lowest BCUT2D eigenvalue weighted by Crippen LogP contribution is -2.27. The molecule has 2 bridgehead atoms.